The third-order valence-corrected chi connectivity index (χ3v) is 6.04. The predicted octanol–water partition coefficient (Wildman–Crippen LogP) is 4.56. The summed E-state index contributed by atoms with van der Waals surface area (Å²) in [6, 6.07) is 15.0. The number of rotatable bonds is 9. The van der Waals surface area contributed by atoms with Gasteiger partial charge in [-0.05, 0) is 68.1 Å². The van der Waals surface area contributed by atoms with E-state index in [1.807, 2.05) is 19.1 Å². The van der Waals surface area contributed by atoms with Gasteiger partial charge in [0.25, 0.3) is 11.8 Å². The van der Waals surface area contributed by atoms with E-state index < -0.39 is 0 Å². The molecule has 0 aromatic heterocycles. The van der Waals surface area contributed by atoms with Crippen molar-refractivity contribution in [2.45, 2.75) is 26.2 Å². The van der Waals surface area contributed by atoms with E-state index in [-0.39, 0.29) is 11.8 Å². The number of hydrogen-bond acceptors (Lipinski definition) is 5. The largest absolute Gasteiger partial charge is 0.382 e. The number of halogens is 1. The minimum Gasteiger partial charge on any atom is -0.382 e. The SMILES string of the molecule is CCOCCCN1C(=O)C(Nc2ccc(N3CCCC3)cc2)=C(c2ccc(Cl)cc2)C1=O. The molecule has 32 heavy (non-hydrogen) atoms. The Balaban J connectivity index is 1.59. The number of hydrogen-bond donors (Lipinski definition) is 1. The lowest BCUT2D eigenvalue weighted by molar-refractivity contribution is -0.137. The van der Waals surface area contributed by atoms with E-state index in [0.717, 1.165) is 18.8 Å². The summed E-state index contributed by atoms with van der Waals surface area (Å²) in [6.07, 6.45) is 3.02. The lowest BCUT2D eigenvalue weighted by atomic mass is 10.0. The van der Waals surface area contributed by atoms with Crippen LogP contribution < -0.4 is 10.2 Å². The number of benzene rings is 2. The van der Waals surface area contributed by atoms with Crippen LogP contribution in [0.5, 0.6) is 0 Å². The summed E-state index contributed by atoms with van der Waals surface area (Å²) in [5, 5.41) is 3.79. The number of nitrogens with one attached hydrogen (secondary N) is 1. The highest BCUT2D eigenvalue weighted by atomic mass is 35.5. The first-order valence-corrected chi connectivity index (χ1v) is 11.5. The minimum atomic E-state index is -0.319. The molecule has 0 unspecified atom stereocenters. The Labute approximate surface area is 193 Å². The molecular formula is C25H28ClN3O3. The number of ether oxygens (including phenoxy) is 1. The van der Waals surface area contributed by atoms with E-state index in [0.29, 0.717) is 48.0 Å². The van der Waals surface area contributed by atoms with Crippen molar-refractivity contribution in [3.63, 3.8) is 0 Å². The molecule has 0 aliphatic carbocycles. The molecule has 2 aromatic rings. The second-order valence-electron chi connectivity index (χ2n) is 7.94. The van der Waals surface area contributed by atoms with Gasteiger partial charge in [0, 0.05) is 49.2 Å². The minimum absolute atomic E-state index is 0.294. The number of carbonyl (C=O) groups excluding carboxylic acids is 2. The lowest BCUT2D eigenvalue weighted by Crippen LogP contribution is -2.34. The zero-order valence-electron chi connectivity index (χ0n) is 18.3. The summed E-state index contributed by atoms with van der Waals surface area (Å²) >= 11 is 6.03. The molecule has 4 rings (SSSR count). The van der Waals surface area contributed by atoms with Crippen LogP contribution in [0.3, 0.4) is 0 Å². The maximum absolute atomic E-state index is 13.2. The molecule has 168 valence electrons. The van der Waals surface area contributed by atoms with Crippen LogP contribution >= 0.6 is 11.6 Å². The van der Waals surface area contributed by atoms with Gasteiger partial charge in [0.2, 0.25) is 0 Å². The Morgan fingerprint density at radius 3 is 2.31 bits per heavy atom. The Morgan fingerprint density at radius 2 is 1.66 bits per heavy atom. The van der Waals surface area contributed by atoms with Crippen molar-refractivity contribution in [2.75, 3.05) is 43.1 Å². The fraction of sp³-hybridized carbons (Fsp3) is 0.360. The predicted molar refractivity (Wildman–Crippen MR) is 128 cm³/mol. The van der Waals surface area contributed by atoms with E-state index in [4.69, 9.17) is 16.3 Å². The van der Waals surface area contributed by atoms with Crippen molar-refractivity contribution < 1.29 is 14.3 Å². The summed E-state index contributed by atoms with van der Waals surface area (Å²) < 4.78 is 5.37. The number of imide groups is 1. The van der Waals surface area contributed by atoms with Crippen molar-refractivity contribution in [3.8, 4) is 0 Å². The Kier molecular flexibility index (Phi) is 7.12. The third-order valence-electron chi connectivity index (χ3n) is 5.78. The zero-order chi connectivity index (χ0) is 22.5. The second kappa shape index (κ2) is 10.2. The molecule has 1 fully saturated rings. The molecule has 0 radical (unpaired) electrons. The van der Waals surface area contributed by atoms with Crippen molar-refractivity contribution in [1.82, 2.24) is 4.90 Å². The maximum Gasteiger partial charge on any atom is 0.278 e. The van der Waals surface area contributed by atoms with Gasteiger partial charge >= 0.3 is 0 Å². The smallest absolute Gasteiger partial charge is 0.278 e. The van der Waals surface area contributed by atoms with Gasteiger partial charge in [0.1, 0.15) is 5.70 Å². The number of amides is 2. The van der Waals surface area contributed by atoms with Crippen molar-refractivity contribution >= 4 is 40.4 Å². The molecular weight excluding hydrogens is 426 g/mol. The third kappa shape index (κ3) is 4.81. The highest BCUT2D eigenvalue weighted by molar-refractivity contribution is 6.36. The van der Waals surface area contributed by atoms with Crippen LogP contribution in [-0.2, 0) is 14.3 Å². The van der Waals surface area contributed by atoms with Gasteiger partial charge in [0.05, 0.1) is 5.57 Å². The van der Waals surface area contributed by atoms with Crippen LogP contribution in [-0.4, -0.2) is 49.6 Å². The lowest BCUT2D eigenvalue weighted by Gasteiger charge is -2.18. The summed E-state index contributed by atoms with van der Waals surface area (Å²) in [7, 11) is 0. The van der Waals surface area contributed by atoms with Gasteiger partial charge in [-0.25, -0.2) is 0 Å². The fourth-order valence-electron chi connectivity index (χ4n) is 4.12. The molecule has 1 N–H and O–H groups in total. The molecule has 2 amide bonds. The molecule has 0 atom stereocenters. The van der Waals surface area contributed by atoms with Gasteiger partial charge < -0.3 is 15.0 Å². The van der Waals surface area contributed by atoms with Crippen LogP contribution in [0.15, 0.2) is 54.2 Å². The Hall–Kier alpha value is -2.83. The summed E-state index contributed by atoms with van der Waals surface area (Å²) in [6.45, 7) is 5.49. The van der Waals surface area contributed by atoms with Crippen LogP contribution in [0.4, 0.5) is 11.4 Å². The van der Waals surface area contributed by atoms with E-state index in [2.05, 4.69) is 22.3 Å². The monoisotopic (exact) mass is 453 g/mol. The van der Waals surface area contributed by atoms with E-state index in [1.165, 1.54) is 23.4 Å². The molecule has 2 aromatic carbocycles. The molecule has 0 spiro atoms. The van der Waals surface area contributed by atoms with E-state index in [9.17, 15) is 9.59 Å². The van der Waals surface area contributed by atoms with Crippen LogP contribution in [0.1, 0.15) is 31.7 Å². The average Bonchev–Trinajstić information content (AvgIpc) is 3.41. The number of nitrogens with zero attached hydrogens (tertiary/aromatic N) is 2. The maximum atomic E-state index is 13.2. The Bertz CT molecular complexity index is 996. The zero-order valence-corrected chi connectivity index (χ0v) is 19.0. The summed E-state index contributed by atoms with van der Waals surface area (Å²) in [5.41, 5.74) is 3.27. The molecule has 6 nitrogen and oxygen atoms in total. The highest BCUT2D eigenvalue weighted by Gasteiger charge is 2.38. The highest BCUT2D eigenvalue weighted by Crippen LogP contribution is 2.32. The van der Waals surface area contributed by atoms with E-state index >= 15 is 0 Å². The topological polar surface area (TPSA) is 61.9 Å². The standard InChI is InChI=1S/C25H28ClN3O3/c1-2-32-17-5-16-29-24(30)22(18-6-8-19(26)9-7-18)23(25(29)31)27-20-10-12-21(13-11-20)28-14-3-4-15-28/h6-13,27H,2-5,14-17H2,1H3. The van der Waals surface area contributed by atoms with E-state index in [1.54, 1.807) is 24.3 Å². The van der Waals surface area contributed by atoms with Gasteiger partial charge in [-0.15, -0.1) is 0 Å². The van der Waals surface area contributed by atoms with Crippen LogP contribution in [0.2, 0.25) is 5.02 Å². The average molecular weight is 454 g/mol. The molecule has 1 saturated heterocycles. The summed E-state index contributed by atoms with van der Waals surface area (Å²) in [5.74, 6) is -0.620. The molecule has 2 aliphatic rings. The van der Waals surface area contributed by atoms with Crippen LogP contribution in [0, 0.1) is 0 Å². The first kappa shape index (κ1) is 22.4. The van der Waals surface area contributed by atoms with Crippen LogP contribution in [0.25, 0.3) is 5.57 Å². The molecule has 2 aliphatic heterocycles. The molecule has 0 bridgehead atoms. The Morgan fingerprint density at radius 1 is 0.969 bits per heavy atom. The molecule has 7 heteroatoms. The van der Waals surface area contributed by atoms with Gasteiger partial charge in [-0.1, -0.05) is 23.7 Å². The first-order valence-electron chi connectivity index (χ1n) is 11.1. The first-order chi connectivity index (χ1) is 15.6. The van der Waals surface area contributed by atoms with Gasteiger partial charge in [0.15, 0.2) is 0 Å². The van der Waals surface area contributed by atoms with Gasteiger partial charge in [-0.2, -0.15) is 0 Å². The quantitative estimate of drug-likeness (QED) is 0.445. The normalized spacial score (nSPS) is 16.4. The van der Waals surface area contributed by atoms with Crippen molar-refractivity contribution in [3.05, 3.63) is 64.8 Å². The van der Waals surface area contributed by atoms with Gasteiger partial charge in [-0.3, -0.25) is 14.5 Å². The van der Waals surface area contributed by atoms with Crippen molar-refractivity contribution in [2.24, 2.45) is 0 Å². The summed E-state index contributed by atoms with van der Waals surface area (Å²) in [4.78, 5) is 30.1. The second-order valence-corrected chi connectivity index (χ2v) is 8.37. The molecule has 0 saturated carbocycles. The fourth-order valence-corrected chi connectivity index (χ4v) is 4.25. The molecule has 2 heterocycles. The number of anilines is 2. The number of carbonyl (C=O) groups is 2. The van der Waals surface area contributed by atoms with Crippen molar-refractivity contribution in [1.29, 1.82) is 0 Å².